The van der Waals surface area contributed by atoms with E-state index < -0.39 is 13.7 Å². The van der Waals surface area contributed by atoms with Gasteiger partial charge in [-0.15, -0.1) is 0 Å². The van der Waals surface area contributed by atoms with E-state index in [1.54, 1.807) is 9.34 Å². The molecule has 136 valence electrons. The highest BCUT2D eigenvalue weighted by atomic mass is 31.2. The molecule has 1 N–H and O–H groups in total. The van der Waals surface area contributed by atoms with Crippen LogP contribution in [0.5, 0.6) is 0 Å². The summed E-state index contributed by atoms with van der Waals surface area (Å²) in [6.07, 6.45) is 0.224. The molecule has 0 bridgehead atoms. The van der Waals surface area contributed by atoms with E-state index in [0.717, 1.165) is 12.0 Å². The number of nitrogens with zero attached hydrogens (tertiary/aromatic N) is 3. The predicted octanol–water partition coefficient (Wildman–Crippen LogP) is 3.22. The molecule has 1 aliphatic heterocycles. The SMILES string of the molecule is CN(C)P(=O)(N(C)C)N1CCc2ccccc2C1C(O)C(C)(C)C. The highest BCUT2D eigenvalue weighted by Gasteiger charge is 2.47. The largest absolute Gasteiger partial charge is 0.391 e. The highest BCUT2D eigenvalue weighted by Crippen LogP contribution is 2.59. The third-order valence-electron chi connectivity index (χ3n) is 4.87. The van der Waals surface area contributed by atoms with Gasteiger partial charge in [-0.2, -0.15) is 0 Å². The van der Waals surface area contributed by atoms with E-state index in [0.29, 0.717) is 6.54 Å². The zero-order chi connectivity index (χ0) is 18.3. The van der Waals surface area contributed by atoms with Gasteiger partial charge < -0.3 is 5.11 Å². The van der Waals surface area contributed by atoms with Crippen molar-refractivity contribution in [3.63, 3.8) is 0 Å². The first-order valence-electron chi connectivity index (χ1n) is 8.50. The van der Waals surface area contributed by atoms with Crippen LogP contribution < -0.4 is 0 Å². The van der Waals surface area contributed by atoms with Gasteiger partial charge in [0, 0.05) is 6.54 Å². The molecular formula is C18H32N3O2P. The molecule has 0 amide bonds. The lowest BCUT2D eigenvalue weighted by Gasteiger charge is -2.49. The number of fused-ring (bicyclic) bond motifs is 1. The Morgan fingerprint density at radius 1 is 1.17 bits per heavy atom. The van der Waals surface area contributed by atoms with Gasteiger partial charge in [-0.1, -0.05) is 45.0 Å². The maximum atomic E-state index is 13.9. The number of benzene rings is 1. The van der Waals surface area contributed by atoms with Crippen LogP contribution in [-0.4, -0.2) is 60.0 Å². The van der Waals surface area contributed by atoms with Crippen LogP contribution in [0.15, 0.2) is 24.3 Å². The Bertz CT molecular complexity index is 613. The molecule has 0 saturated carbocycles. The second kappa shape index (κ2) is 6.89. The van der Waals surface area contributed by atoms with Crippen LogP contribution in [0.2, 0.25) is 0 Å². The van der Waals surface area contributed by atoms with E-state index in [1.165, 1.54) is 5.56 Å². The molecular weight excluding hydrogens is 321 g/mol. The lowest BCUT2D eigenvalue weighted by Crippen LogP contribution is -2.48. The lowest BCUT2D eigenvalue weighted by atomic mass is 9.79. The normalized spacial score (nSPS) is 21.2. The predicted molar refractivity (Wildman–Crippen MR) is 100 cm³/mol. The summed E-state index contributed by atoms with van der Waals surface area (Å²) in [7, 11) is 4.46. The number of hydrogen-bond donors (Lipinski definition) is 1. The summed E-state index contributed by atoms with van der Waals surface area (Å²) in [5.74, 6) is 0. The topological polar surface area (TPSA) is 47.0 Å². The number of rotatable bonds is 4. The van der Waals surface area contributed by atoms with E-state index in [4.69, 9.17) is 0 Å². The third kappa shape index (κ3) is 3.33. The molecule has 1 aliphatic rings. The van der Waals surface area contributed by atoms with Crippen LogP contribution in [0.3, 0.4) is 0 Å². The van der Waals surface area contributed by atoms with Crippen LogP contribution in [-0.2, 0) is 11.0 Å². The van der Waals surface area contributed by atoms with Crippen molar-refractivity contribution >= 4 is 7.59 Å². The van der Waals surface area contributed by atoms with Crippen LogP contribution in [0.1, 0.15) is 37.9 Å². The third-order valence-corrected chi connectivity index (χ3v) is 8.07. The fraction of sp³-hybridized carbons (Fsp3) is 0.667. The molecule has 1 heterocycles. The van der Waals surface area contributed by atoms with Crippen molar-refractivity contribution in [1.82, 2.24) is 14.0 Å². The molecule has 0 spiro atoms. The smallest absolute Gasteiger partial charge is 0.286 e. The first-order chi connectivity index (χ1) is 11.0. The average Bonchev–Trinajstić information content (AvgIpc) is 2.50. The summed E-state index contributed by atoms with van der Waals surface area (Å²) < 4.78 is 19.5. The zero-order valence-electron chi connectivity index (χ0n) is 16.0. The van der Waals surface area contributed by atoms with Crippen LogP contribution in [0.25, 0.3) is 0 Å². The van der Waals surface area contributed by atoms with Crippen LogP contribution >= 0.6 is 7.59 Å². The molecule has 2 rings (SSSR count). The molecule has 0 saturated heterocycles. The van der Waals surface area contributed by atoms with E-state index >= 15 is 0 Å². The molecule has 1 aromatic rings. The van der Waals surface area contributed by atoms with Gasteiger partial charge >= 0.3 is 0 Å². The summed E-state index contributed by atoms with van der Waals surface area (Å²) in [4.78, 5) is 0. The first-order valence-corrected chi connectivity index (χ1v) is 10.1. The van der Waals surface area contributed by atoms with E-state index in [9.17, 15) is 9.67 Å². The summed E-state index contributed by atoms with van der Waals surface area (Å²) in [5.41, 5.74) is 2.03. The molecule has 5 nitrogen and oxygen atoms in total. The molecule has 2 atom stereocenters. The number of hydrogen-bond acceptors (Lipinski definition) is 2. The Kier molecular flexibility index (Phi) is 5.63. The maximum Gasteiger partial charge on any atom is 0.286 e. The van der Waals surface area contributed by atoms with Gasteiger partial charge in [0.05, 0.1) is 12.1 Å². The fourth-order valence-corrected chi connectivity index (χ4v) is 6.07. The highest BCUT2D eigenvalue weighted by molar-refractivity contribution is 7.56. The van der Waals surface area contributed by atoms with Gasteiger partial charge in [0.1, 0.15) is 0 Å². The summed E-state index contributed by atoms with van der Waals surface area (Å²) >= 11 is 0. The minimum Gasteiger partial charge on any atom is -0.391 e. The monoisotopic (exact) mass is 353 g/mol. The second-order valence-electron chi connectivity index (χ2n) is 8.08. The second-order valence-corrected chi connectivity index (χ2v) is 11.2. The van der Waals surface area contributed by atoms with Crippen LogP contribution in [0.4, 0.5) is 0 Å². The zero-order valence-corrected chi connectivity index (χ0v) is 16.9. The van der Waals surface area contributed by atoms with E-state index in [2.05, 4.69) is 12.1 Å². The van der Waals surface area contributed by atoms with E-state index in [-0.39, 0.29) is 11.5 Å². The number of aliphatic hydroxyl groups is 1. The van der Waals surface area contributed by atoms with Gasteiger partial charge in [-0.05, 0) is 51.2 Å². The molecule has 0 aliphatic carbocycles. The molecule has 1 aromatic carbocycles. The lowest BCUT2D eigenvalue weighted by molar-refractivity contribution is -0.00326. The Balaban J connectivity index is 2.61. The molecule has 2 unspecified atom stereocenters. The molecule has 6 heteroatoms. The van der Waals surface area contributed by atoms with E-state index in [1.807, 2.05) is 65.8 Å². The molecule has 0 radical (unpaired) electrons. The van der Waals surface area contributed by atoms with Crippen molar-refractivity contribution in [1.29, 1.82) is 0 Å². The van der Waals surface area contributed by atoms with Crippen molar-refractivity contribution in [2.45, 2.75) is 39.3 Å². The maximum absolute atomic E-state index is 13.9. The quantitative estimate of drug-likeness (QED) is 0.842. The van der Waals surface area contributed by atoms with Crippen molar-refractivity contribution < 1.29 is 9.67 Å². The standard InChI is InChI=1S/C18H32N3O2P/c1-18(2,3)17(22)16-15-11-9-8-10-14(15)12-13-21(16)24(23,19(4)5)20(6)7/h8-11,16-17,22H,12-13H2,1-7H3. The van der Waals surface area contributed by atoms with Gasteiger partial charge in [0.25, 0.3) is 7.59 Å². The Morgan fingerprint density at radius 3 is 2.21 bits per heavy atom. The average molecular weight is 353 g/mol. The Labute approximate surface area is 146 Å². The van der Waals surface area contributed by atoms with Crippen molar-refractivity contribution in [2.24, 2.45) is 5.41 Å². The molecule has 24 heavy (non-hydrogen) atoms. The van der Waals surface area contributed by atoms with Gasteiger partial charge in [0.2, 0.25) is 0 Å². The van der Waals surface area contributed by atoms with Gasteiger partial charge in [-0.3, -0.25) is 4.57 Å². The van der Waals surface area contributed by atoms with Gasteiger partial charge in [0.15, 0.2) is 0 Å². The van der Waals surface area contributed by atoms with Crippen molar-refractivity contribution in [2.75, 3.05) is 34.7 Å². The summed E-state index contributed by atoms with van der Waals surface area (Å²) in [6, 6.07) is 7.93. The molecule has 0 fully saturated rings. The number of aliphatic hydroxyl groups excluding tert-OH is 1. The van der Waals surface area contributed by atoms with Crippen molar-refractivity contribution in [3.05, 3.63) is 35.4 Å². The first kappa shape index (κ1) is 19.6. The minimum absolute atomic E-state index is 0.286. The Morgan fingerprint density at radius 2 is 1.71 bits per heavy atom. The van der Waals surface area contributed by atoms with Gasteiger partial charge in [-0.25, -0.2) is 14.0 Å². The summed E-state index contributed by atoms with van der Waals surface area (Å²) in [6.45, 7) is 6.76. The van der Waals surface area contributed by atoms with Crippen LogP contribution in [0, 0.1) is 5.41 Å². The fourth-order valence-electron chi connectivity index (χ4n) is 3.50. The van der Waals surface area contributed by atoms with Crippen molar-refractivity contribution in [3.8, 4) is 0 Å². The Hall–Kier alpha value is -0.710. The minimum atomic E-state index is -2.93. The summed E-state index contributed by atoms with van der Waals surface area (Å²) in [5, 5.41) is 11.2. The molecule has 0 aromatic heterocycles.